The Balaban J connectivity index is 1.58. The minimum atomic E-state index is -0.172. The van der Waals surface area contributed by atoms with Gasteiger partial charge in [-0.1, -0.05) is 36.4 Å². The summed E-state index contributed by atoms with van der Waals surface area (Å²) < 4.78 is 14.4. The molecule has 7 heteroatoms. The largest absolute Gasteiger partial charge is 0.496 e. The van der Waals surface area contributed by atoms with Gasteiger partial charge in [0.15, 0.2) is 5.78 Å². The second-order valence-corrected chi connectivity index (χ2v) is 7.20. The Morgan fingerprint density at radius 1 is 0.968 bits per heavy atom. The van der Waals surface area contributed by atoms with Crippen molar-refractivity contribution < 1.29 is 14.3 Å². The number of rotatable bonds is 7. The van der Waals surface area contributed by atoms with Gasteiger partial charge in [0.25, 0.3) is 0 Å². The van der Waals surface area contributed by atoms with Gasteiger partial charge in [-0.15, -0.1) is 0 Å². The molecule has 1 heterocycles. The zero-order valence-corrected chi connectivity index (χ0v) is 17.6. The quantitative estimate of drug-likeness (QED) is 0.466. The molecule has 0 atom stereocenters. The first kappa shape index (κ1) is 20.3. The van der Waals surface area contributed by atoms with Gasteiger partial charge in [-0.25, -0.2) is 14.7 Å². The number of ketones is 1. The van der Waals surface area contributed by atoms with E-state index >= 15 is 0 Å². The number of aromatic amines is 1. The third-order valence-corrected chi connectivity index (χ3v) is 5.14. The van der Waals surface area contributed by atoms with Gasteiger partial charge in [-0.2, -0.15) is 4.68 Å². The molecule has 4 aromatic rings. The molecule has 0 amide bonds. The van der Waals surface area contributed by atoms with Crippen LogP contribution in [-0.2, 0) is 13.7 Å². The molecule has 1 aromatic heterocycles. The summed E-state index contributed by atoms with van der Waals surface area (Å²) in [5.41, 5.74) is 3.32. The van der Waals surface area contributed by atoms with E-state index in [2.05, 4.69) is 5.21 Å². The smallest absolute Gasteiger partial charge is 0.364 e. The van der Waals surface area contributed by atoms with E-state index in [0.29, 0.717) is 28.3 Å². The van der Waals surface area contributed by atoms with Crippen LogP contribution in [0.25, 0.3) is 5.69 Å². The first-order valence-corrected chi connectivity index (χ1v) is 9.82. The van der Waals surface area contributed by atoms with Crippen LogP contribution < -0.4 is 15.2 Å². The Hall–Kier alpha value is -4.00. The highest BCUT2D eigenvalue weighted by Gasteiger charge is 2.17. The Bertz CT molecular complexity index is 1280. The average Bonchev–Trinajstić information content (AvgIpc) is 2.81. The van der Waals surface area contributed by atoms with E-state index in [1.54, 1.807) is 38.4 Å². The monoisotopic (exact) mass is 417 g/mol. The van der Waals surface area contributed by atoms with E-state index in [4.69, 9.17) is 9.47 Å². The van der Waals surface area contributed by atoms with Gasteiger partial charge in [-0.3, -0.25) is 4.79 Å². The molecule has 0 bridgehead atoms. The van der Waals surface area contributed by atoms with Crippen LogP contribution in [-0.4, -0.2) is 27.5 Å². The fourth-order valence-corrected chi connectivity index (χ4v) is 3.46. The molecule has 0 fully saturated rings. The fraction of sp³-hybridized carbons (Fsp3) is 0.167. The molecule has 0 aliphatic carbocycles. The SMILES string of the molecule is COc1cccc(-n2[nH]n(C)c2=O)c1COc1ccc(C(=O)c2ccccc2)cc1C. The topological polar surface area (TPSA) is 78.2 Å². The highest BCUT2D eigenvalue weighted by Crippen LogP contribution is 2.28. The lowest BCUT2D eigenvalue weighted by Crippen LogP contribution is -2.40. The molecule has 1 N–H and O–H groups in total. The summed E-state index contributed by atoms with van der Waals surface area (Å²) >= 11 is 0. The number of carbonyl (C=O) groups excluding carboxylic acids is 1. The van der Waals surface area contributed by atoms with Crippen molar-refractivity contribution in [3.05, 3.63) is 99.5 Å². The van der Waals surface area contributed by atoms with Gasteiger partial charge in [0.1, 0.15) is 18.1 Å². The zero-order chi connectivity index (χ0) is 22.0. The Morgan fingerprint density at radius 3 is 2.39 bits per heavy atom. The molecular formula is C24H23N3O4. The Labute approximate surface area is 179 Å². The third kappa shape index (κ3) is 3.90. The number of methoxy groups -OCH3 is 1. The molecule has 31 heavy (non-hydrogen) atoms. The van der Waals surface area contributed by atoms with Crippen molar-refractivity contribution in [2.75, 3.05) is 7.11 Å². The van der Waals surface area contributed by atoms with Gasteiger partial charge < -0.3 is 9.47 Å². The van der Waals surface area contributed by atoms with Crippen LogP contribution in [0.2, 0.25) is 0 Å². The van der Waals surface area contributed by atoms with Crippen LogP contribution in [0.3, 0.4) is 0 Å². The number of ether oxygens (including phenoxy) is 2. The zero-order valence-electron chi connectivity index (χ0n) is 17.6. The number of benzene rings is 3. The van der Waals surface area contributed by atoms with Crippen molar-refractivity contribution in [2.45, 2.75) is 13.5 Å². The van der Waals surface area contributed by atoms with Gasteiger partial charge >= 0.3 is 5.69 Å². The van der Waals surface area contributed by atoms with Crippen molar-refractivity contribution in [2.24, 2.45) is 7.05 Å². The number of hydrogen-bond donors (Lipinski definition) is 1. The summed E-state index contributed by atoms with van der Waals surface area (Å²) in [7, 11) is 3.23. The standard InChI is InChI=1S/C24H23N3O4/c1-16-14-18(23(28)17-8-5-4-6-9-17)12-13-21(16)31-15-19-20(10-7-11-22(19)30-3)27-24(29)26(2)25-27/h4-14,25H,15H2,1-3H3. The number of H-pyrrole nitrogens is 1. The lowest BCUT2D eigenvalue weighted by molar-refractivity contribution is 0.103. The predicted molar refractivity (Wildman–Crippen MR) is 117 cm³/mol. The lowest BCUT2D eigenvalue weighted by atomic mass is 10.0. The highest BCUT2D eigenvalue weighted by molar-refractivity contribution is 6.09. The summed E-state index contributed by atoms with van der Waals surface area (Å²) in [6.07, 6.45) is 0. The third-order valence-electron chi connectivity index (χ3n) is 5.14. The summed E-state index contributed by atoms with van der Waals surface area (Å²) in [6, 6.07) is 20.0. The number of nitrogens with one attached hydrogen (secondary N) is 1. The van der Waals surface area contributed by atoms with Gasteiger partial charge in [0, 0.05) is 18.2 Å². The second kappa shape index (κ2) is 8.39. The van der Waals surface area contributed by atoms with Crippen LogP contribution >= 0.6 is 0 Å². The average molecular weight is 417 g/mol. The number of nitrogens with zero attached hydrogens (tertiary/aromatic N) is 2. The van der Waals surface area contributed by atoms with E-state index < -0.39 is 0 Å². The normalized spacial score (nSPS) is 10.8. The van der Waals surface area contributed by atoms with Crippen LogP contribution in [0.5, 0.6) is 11.5 Å². The molecule has 4 rings (SSSR count). The molecule has 0 unspecified atom stereocenters. The van der Waals surface area contributed by atoms with E-state index in [1.807, 2.05) is 49.4 Å². The molecule has 0 spiro atoms. The van der Waals surface area contributed by atoms with E-state index in [9.17, 15) is 9.59 Å². The second-order valence-electron chi connectivity index (χ2n) is 7.20. The molecule has 0 radical (unpaired) electrons. The number of aromatic nitrogens is 3. The molecular weight excluding hydrogens is 394 g/mol. The lowest BCUT2D eigenvalue weighted by Gasteiger charge is -2.19. The Kier molecular flexibility index (Phi) is 5.49. The number of carbonyl (C=O) groups is 1. The maximum Gasteiger partial charge on any atom is 0.364 e. The molecule has 158 valence electrons. The predicted octanol–water partition coefficient (Wildman–Crippen LogP) is 3.63. The van der Waals surface area contributed by atoms with Crippen LogP contribution in [0.4, 0.5) is 0 Å². The van der Waals surface area contributed by atoms with Crippen molar-refractivity contribution >= 4 is 5.78 Å². The molecule has 3 aromatic carbocycles. The van der Waals surface area contributed by atoms with Crippen LogP contribution in [0, 0.1) is 6.92 Å². The van der Waals surface area contributed by atoms with Gasteiger partial charge in [0.2, 0.25) is 0 Å². The summed E-state index contributed by atoms with van der Waals surface area (Å²) in [6.45, 7) is 2.09. The maximum atomic E-state index is 12.7. The summed E-state index contributed by atoms with van der Waals surface area (Å²) in [5.74, 6) is 1.24. The van der Waals surface area contributed by atoms with Crippen LogP contribution in [0.1, 0.15) is 27.0 Å². The minimum absolute atomic E-state index is 0.0336. The highest BCUT2D eigenvalue weighted by atomic mass is 16.5. The Morgan fingerprint density at radius 2 is 1.74 bits per heavy atom. The molecule has 0 aliphatic rings. The summed E-state index contributed by atoms with van der Waals surface area (Å²) in [5, 5.41) is 2.91. The molecule has 0 saturated carbocycles. The van der Waals surface area contributed by atoms with Crippen molar-refractivity contribution in [3.8, 4) is 17.2 Å². The van der Waals surface area contributed by atoms with Crippen molar-refractivity contribution in [1.82, 2.24) is 14.6 Å². The molecule has 0 aliphatic heterocycles. The maximum absolute atomic E-state index is 12.7. The van der Waals surface area contributed by atoms with E-state index in [0.717, 1.165) is 11.1 Å². The van der Waals surface area contributed by atoms with Crippen molar-refractivity contribution in [3.63, 3.8) is 0 Å². The first-order valence-electron chi connectivity index (χ1n) is 9.82. The van der Waals surface area contributed by atoms with Crippen molar-refractivity contribution in [1.29, 1.82) is 0 Å². The van der Waals surface area contributed by atoms with Crippen LogP contribution in [0.15, 0.2) is 71.5 Å². The molecule has 7 nitrogen and oxygen atoms in total. The number of aryl methyl sites for hydroxylation is 2. The first-order chi connectivity index (χ1) is 15.0. The summed E-state index contributed by atoms with van der Waals surface area (Å²) in [4.78, 5) is 24.8. The molecule has 0 saturated heterocycles. The van der Waals surface area contributed by atoms with Gasteiger partial charge in [0.05, 0.1) is 18.4 Å². The minimum Gasteiger partial charge on any atom is -0.496 e. The van der Waals surface area contributed by atoms with E-state index in [-0.39, 0.29) is 18.1 Å². The fourth-order valence-electron chi connectivity index (χ4n) is 3.46. The van der Waals surface area contributed by atoms with E-state index in [1.165, 1.54) is 9.36 Å². The van der Waals surface area contributed by atoms with Gasteiger partial charge in [-0.05, 0) is 42.8 Å². The number of hydrogen-bond acceptors (Lipinski definition) is 4.